The first-order valence-electron chi connectivity index (χ1n) is 6.12. The summed E-state index contributed by atoms with van der Waals surface area (Å²) >= 11 is 0. The zero-order valence-electron chi connectivity index (χ0n) is 10.9. The van der Waals surface area contributed by atoms with Crippen molar-refractivity contribution in [1.29, 1.82) is 0 Å². The maximum Gasteiger partial charge on any atom is 0.308 e. The molecule has 0 aliphatic heterocycles. The van der Waals surface area contributed by atoms with Crippen LogP contribution in [0, 0.1) is 23.0 Å². The average Bonchev–Trinajstić information content (AvgIpc) is 2.80. The molecular weight excluding hydrogens is 262 g/mol. The van der Waals surface area contributed by atoms with Gasteiger partial charge in [0, 0.05) is 18.8 Å². The van der Waals surface area contributed by atoms with Crippen LogP contribution >= 0.6 is 0 Å². The zero-order valence-corrected chi connectivity index (χ0v) is 10.9. The lowest BCUT2D eigenvalue weighted by Gasteiger charge is -2.08. The summed E-state index contributed by atoms with van der Waals surface area (Å²) < 4.78 is 0. The molecule has 1 aromatic carbocycles. The molecule has 0 amide bonds. The number of aromatic amines is 1. The Kier molecular flexibility index (Phi) is 3.71. The number of nitrogens with zero attached hydrogens (tertiary/aromatic N) is 1. The van der Waals surface area contributed by atoms with Crippen molar-refractivity contribution in [3.8, 4) is 0 Å². The Balaban J connectivity index is 2.57. The number of aryl methyl sites for hydroxylation is 1. The number of carboxylic acids is 1. The molecule has 20 heavy (non-hydrogen) atoms. The van der Waals surface area contributed by atoms with E-state index in [9.17, 15) is 14.9 Å². The van der Waals surface area contributed by atoms with Crippen LogP contribution in [0.15, 0.2) is 18.3 Å². The summed E-state index contributed by atoms with van der Waals surface area (Å²) in [6.45, 7) is 1.82. The number of benzene rings is 1. The number of hydrogen-bond donors (Lipinski definition) is 3. The Morgan fingerprint density at radius 2 is 2.25 bits per heavy atom. The van der Waals surface area contributed by atoms with Crippen molar-refractivity contribution in [2.45, 2.75) is 13.3 Å². The number of nitro groups is 1. The normalized spacial score (nSPS) is 12.5. The van der Waals surface area contributed by atoms with Gasteiger partial charge in [0.05, 0.1) is 21.7 Å². The van der Waals surface area contributed by atoms with Gasteiger partial charge in [0.1, 0.15) is 0 Å². The predicted molar refractivity (Wildman–Crippen MR) is 73.6 cm³/mol. The van der Waals surface area contributed by atoms with Gasteiger partial charge in [-0.05, 0) is 24.5 Å². The van der Waals surface area contributed by atoms with Crippen LogP contribution in [-0.4, -0.2) is 27.5 Å². The van der Waals surface area contributed by atoms with E-state index in [2.05, 4.69) is 4.98 Å². The van der Waals surface area contributed by atoms with Gasteiger partial charge in [-0.15, -0.1) is 0 Å². The standard InChI is InChI=1S/C13H15N3O4/c1-7-2-3-10(16(19)20)11-9(6-15-12(7)11)4-8(5-14)13(17)18/h2-3,6,8,15H,4-5,14H2,1H3,(H,17,18). The molecule has 7 nitrogen and oxygen atoms in total. The SMILES string of the molecule is Cc1ccc([N+](=O)[O-])c2c(CC(CN)C(=O)O)c[nH]c12. The van der Waals surface area contributed by atoms with E-state index in [1.807, 2.05) is 6.92 Å². The van der Waals surface area contributed by atoms with E-state index in [1.54, 1.807) is 12.3 Å². The molecule has 2 aromatic rings. The van der Waals surface area contributed by atoms with Gasteiger partial charge in [-0.25, -0.2) is 0 Å². The first-order chi connectivity index (χ1) is 9.45. The summed E-state index contributed by atoms with van der Waals surface area (Å²) in [5.74, 6) is -1.76. The highest BCUT2D eigenvalue weighted by Gasteiger charge is 2.23. The maximum atomic E-state index is 11.1. The summed E-state index contributed by atoms with van der Waals surface area (Å²) in [4.78, 5) is 24.7. The third-order valence-corrected chi connectivity index (χ3v) is 3.40. The highest BCUT2D eigenvalue weighted by molar-refractivity contribution is 5.94. The number of aromatic nitrogens is 1. The van der Waals surface area contributed by atoms with Gasteiger partial charge in [-0.1, -0.05) is 6.07 Å². The van der Waals surface area contributed by atoms with E-state index in [-0.39, 0.29) is 18.7 Å². The minimum atomic E-state index is -1.00. The topological polar surface area (TPSA) is 122 Å². The van der Waals surface area contributed by atoms with Crippen LogP contribution in [0.25, 0.3) is 10.9 Å². The Morgan fingerprint density at radius 3 is 2.80 bits per heavy atom. The van der Waals surface area contributed by atoms with Crippen LogP contribution in [0.4, 0.5) is 5.69 Å². The summed E-state index contributed by atoms with van der Waals surface area (Å²) in [5, 5.41) is 20.6. The molecule has 0 aliphatic rings. The fourth-order valence-corrected chi connectivity index (χ4v) is 2.29. The molecule has 0 bridgehead atoms. The van der Waals surface area contributed by atoms with Crippen molar-refractivity contribution in [3.63, 3.8) is 0 Å². The lowest BCUT2D eigenvalue weighted by Crippen LogP contribution is -2.25. The molecule has 0 radical (unpaired) electrons. The highest BCUT2D eigenvalue weighted by atomic mass is 16.6. The van der Waals surface area contributed by atoms with Gasteiger partial charge in [-0.3, -0.25) is 14.9 Å². The second kappa shape index (κ2) is 5.30. The van der Waals surface area contributed by atoms with Crippen molar-refractivity contribution in [2.75, 3.05) is 6.54 Å². The first kappa shape index (κ1) is 14.0. The number of H-pyrrole nitrogens is 1. The Labute approximate surface area is 114 Å². The number of nitro benzene ring substituents is 1. The molecule has 7 heteroatoms. The van der Waals surface area contributed by atoms with Crippen molar-refractivity contribution < 1.29 is 14.8 Å². The maximum absolute atomic E-state index is 11.1. The van der Waals surface area contributed by atoms with E-state index >= 15 is 0 Å². The van der Waals surface area contributed by atoms with Crippen LogP contribution in [0.2, 0.25) is 0 Å². The van der Waals surface area contributed by atoms with E-state index in [0.29, 0.717) is 16.5 Å². The van der Waals surface area contributed by atoms with Crippen LogP contribution in [0.5, 0.6) is 0 Å². The summed E-state index contributed by atoms with van der Waals surface area (Å²) in [7, 11) is 0. The molecule has 1 atom stereocenters. The molecule has 0 aliphatic carbocycles. The first-order valence-corrected chi connectivity index (χ1v) is 6.12. The third kappa shape index (κ3) is 2.35. The predicted octanol–water partition coefficient (Wildman–Crippen LogP) is 1.59. The molecular formula is C13H15N3O4. The number of fused-ring (bicyclic) bond motifs is 1. The van der Waals surface area contributed by atoms with Crippen LogP contribution in [0.1, 0.15) is 11.1 Å². The number of nitrogens with two attached hydrogens (primary N) is 1. The van der Waals surface area contributed by atoms with E-state index < -0.39 is 16.8 Å². The van der Waals surface area contributed by atoms with Crippen LogP contribution in [-0.2, 0) is 11.2 Å². The average molecular weight is 277 g/mol. The Morgan fingerprint density at radius 1 is 1.55 bits per heavy atom. The van der Waals surface area contributed by atoms with Crippen molar-refractivity contribution in [1.82, 2.24) is 4.98 Å². The smallest absolute Gasteiger partial charge is 0.308 e. The lowest BCUT2D eigenvalue weighted by molar-refractivity contribution is -0.383. The van der Waals surface area contributed by atoms with Crippen molar-refractivity contribution >= 4 is 22.6 Å². The van der Waals surface area contributed by atoms with Crippen LogP contribution < -0.4 is 5.73 Å². The number of aliphatic carboxylic acids is 1. The van der Waals surface area contributed by atoms with E-state index in [4.69, 9.17) is 10.8 Å². The molecule has 1 heterocycles. The number of non-ortho nitro benzene ring substituents is 1. The summed E-state index contributed by atoms with van der Waals surface area (Å²) in [5.41, 5.74) is 7.55. The van der Waals surface area contributed by atoms with Gasteiger partial charge in [-0.2, -0.15) is 0 Å². The highest BCUT2D eigenvalue weighted by Crippen LogP contribution is 2.32. The zero-order chi connectivity index (χ0) is 14.9. The monoisotopic (exact) mass is 277 g/mol. The number of nitrogens with one attached hydrogen (secondary N) is 1. The van der Waals surface area contributed by atoms with Crippen molar-refractivity contribution in [3.05, 3.63) is 39.6 Å². The van der Waals surface area contributed by atoms with Crippen molar-refractivity contribution in [2.24, 2.45) is 11.7 Å². The van der Waals surface area contributed by atoms with Crippen LogP contribution in [0.3, 0.4) is 0 Å². The van der Waals surface area contributed by atoms with Gasteiger partial charge in [0.15, 0.2) is 0 Å². The molecule has 106 valence electrons. The van der Waals surface area contributed by atoms with E-state index in [1.165, 1.54) is 6.07 Å². The fraction of sp³-hybridized carbons (Fsp3) is 0.308. The fourth-order valence-electron chi connectivity index (χ4n) is 2.29. The number of carboxylic acid groups (broad SMARTS) is 1. The van der Waals surface area contributed by atoms with Gasteiger partial charge in [0.25, 0.3) is 5.69 Å². The second-order valence-electron chi connectivity index (χ2n) is 4.70. The molecule has 0 saturated carbocycles. The quantitative estimate of drug-likeness (QED) is 0.565. The molecule has 1 aromatic heterocycles. The molecule has 0 saturated heterocycles. The number of rotatable bonds is 5. The molecule has 1 unspecified atom stereocenters. The summed E-state index contributed by atoms with van der Waals surface area (Å²) in [6.07, 6.45) is 1.78. The minimum Gasteiger partial charge on any atom is -0.481 e. The Hall–Kier alpha value is -2.41. The van der Waals surface area contributed by atoms with Gasteiger partial charge < -0.3 is 15.8 Å². The number of carbonyl (C=O) groups is 1. The molecule has 4 N–H and O–H groups in total. The summed E-state index contributed by atoms with van der Waals surface area (Å²) in [6, 6.07) is 3.10. The molecule has 0 fully saturated rings. The third-order valence-electron chi connectivity index (χ3n) is 3.40. The molecule has 0 spiro atoms. The van der Waals surface area contributed by atoms with Gasteiger partial charge in [0.2, 0.25) is 0 Å². The van der Waals surface area contributed by atoms with E-state index in [0.717, 1.165) is 5.56 Å². The molecule has 2 rings (SSSR count). The second-order valence-corrected chi connectivity index (χ2v) is 4.70. The van der Waals surface area contributed by atoms with Gasteiger partial charge >= 0.3 is 5.97 Å². The largest absolute Gasteiger partial charge is 0.481 e. The minimum absolute atomic E-state index is 0.0123. The lowest BCUT2D eigenvalue weighted by atomic mass is 9.97. The number of hydrogen-bond acceptors (Lipinski definition) is 4. The Bertz CT molecular complexity index is 678.